The Balaban J connectivity index is 2.75. The van der Waals surface area contributed by atoms with Crippen LogP contribution in [0.1, 0.15) is 26.3 Å². The zero-order chi connectivity index (χ0) is 12.1. The molecule has 0 aliphatic rings. The number of rotatable bonds is 5. The predicted molar refractivity (Wildman–Crippen MR) is 72.5 cm³/mol. The number of pyridine rings is 1. The number of aromatic nitrogens is 1. The molecule has 0 aliphatic heterocycles. The Kier molecular flexibility index (Phi) is 5.42. The van der Waals surface area contributed by atoms with E-state index in [9.17, 15) is 0 Å². The van der Waals surface area contributed by atoms with Gasteiger partial charge in [-0.1, -0.05) is 13.8 Å². The molecule has 16 heavy (non-hydrogen) atoms. The van der Waals surface area contributed by atoms with Crippen LogP contribution in [0.2, 0.25) is 0 Å². The Labute approximate surface area is 107 Å². The lowest BCUT2D eigenvalue weighted by atomic mass is 9.84. The van der Waals surface area contributed by atoms with Crippen LogP contribution in [0.5, 0.6) is 0 Å². The van der Waals surface area contributed by atoms with Gasteiger partial charge in [0.15, 0.2) is 0 Å². The van der Waals surface area contributed by atoms with E-state index in [2.05, 4.69) is 53.1 Å². The molecule has 3 heteroatoms. The van der Waals surface area contributed by atoms with Gasteiger partial charge in [-0.2, -0.15) is 0 Å². The third kappa shape index (κ3) is 3.87. The predicted octanol–water partition coefficient (Wildman–Crippen LogP) is 3.27. The molecule has 1 aromatic heterocycles. The lowest BCUT2D eigenvalue weighted by Crippen LogP contribution is -2.35. The molecular formula is C13H21BrN2. The fourth-order valence-corrected chi connectivity index (χ4v) is 2.46. The Hall–Kier alpha value is -0.410. The Bertz CT molecular complexity index is 325. The van der Waals surface area contributed by atoms with Crippen LogP contribution in [0, 0.1) is 11.8 Å². The number of nitrogens with zero attached hydrogens (tertiary/aromatic N) is 1. The number of hydrogen-bond donors (Lipinski definition) is 1. The van der Waals surface area contributed by atoms with Gasteiger partial charge in [0, 0.05) is 22.9 Å². The van der Waals surface area contributed by atoms with E-state index in [1.807, 2.05) is 19.4 Å². The molecule has 0 amide bonds. The summed E-state index contributed by atoms with van der Waals surface area (Å²) < 4.78 is 1.06. The van der Waals surface area contributed by atoms with E-state index < -0.39 is 0 Å². The Morgan fingerprint density at radius 3 is 2.50 bits per heavy atom. The first-order valence-electron chi connectivity index (χ1n) is 5.81. The third-order valence-electron chi connectivity index (χ3n) is 3.19. The molecule has 0 saturated heterocycles. The lowest BCUT2D eigenvalue weighted by Gasteiger charge is -2.27. The average molecular weight is 285 g/mol. The molecule has 2 atom stereocenters. The van der Waals surface area contributed by atoms with Gasteiger partial charge in [0.05, 0.1) is 0 Å². The number of halogens is 1. The van der Waals surface area contributed by atoms with E-state index in [0.717, 1.165) is 10.9 Å². The molecule has 0 bridgehead atoms. The van der Waals surface area contributed by atoms with Gasteiger partial charge in [-0.3, -0.25) is 4.98 Å². The molecule has 0 aliphatic carbocycles. The van der Waals surface area contributed by atoms with Gasteiger partial charge in [-0.05, 0) is 59.8 Å². The summed E-state index contributed by atoms with van der Waals surface area (Å²) in [7, 11) is 2.03. The summed E-state index contributed by atoms with van der Waals surface area (Å²) in [6.07, 6.45) is 4.87. The highest BCUT2D eigenvalue weighted by molar-refractivity contribution is 9.10. The maximum atomic E-state index is 4.21. The normalized spacial score (nSPS) is 15.1. The first kappa shape index (κ1) is 13.7. The minimum absolute atomic E-state index is 0.527. The summed E-state index contributed by atoms with van der Waals surface area (Å²) >= 11 is 3.47. The zero-order valence-electron chi connectivity index (χ0n) is 10.5. The second-order valence-corrected chi connectivity index (χ2v) is 5.62. The van der Waals surface area contributed by atoms with Gasteiger partial charge >= 0.3 is 0 Å². The van der Waals surface area contributed by atoms with Crippen molar-refractivity contribution in [3.63, 3.8) is 0 Å². The molecule has 1 aromatic rings. The highest BCUT2D eigenvalue weighted by atomic mass is 79.9. The summed E-state index contributed by atoms with van der Waals surface area (Å²) in [6.45, 7) is 6.81. The molecule has 0 fully saturated rings. The van der Waals surface area contributed by atoms with Crippen molar-refractivity contribution >= 4 is 15.9 Å². The fourth-order valence-electron chi connectivity index (χ4n) is 2.04. The Morgan fingerprint density at radius 1 is 1.31 bits per heavy atom. The van der Waals surface area contributed by atoms with Crippen molar-refractivity contribution in [2.45, 2.75) is 33.2 Å². The minimum atomic E-state index is 0.527. The number of nitrogens with one attached hydrogen (secondary N) is 1. The van der Waals surface area contributed by atoms with Crippen LogP contribution in [-0.2, 0) is 6.42 Å². The van der Waals surface area contributed by atoms with Crippen molar-refractivity contribution in [2.75, 3.05) is 7.05 Å². The Morgan fingerprint density at radius 2 is 2.00 bits per heavy atom. The molecule has 2 nitrogen and oxygen atoms in total. The second-order valence-electron chi connectivity index (χ2n) is 4.70. The van der Waals surface area contributed by atoms with E-state index in [0.29, 0.717) is 17.9 Å². The van der Waals surface area contributed by atoms with Crippen molar-refractivity contribution in [3.8, 4) is 0 Å². The maximum Gasteiger partial charge on any atom is 0.0410 e. The topological polar surface area (TPSA) is 24.9 Å². The van der Waals surface area contributed by atoms with Gasteiger partial charge in [0.1, 0.15) is 0 Å². The van der Waals surface area contributed by atoms with E-state index >= 15 is 0 Å². The molecule has 0 radical (unpaired) electrons. The lowest BCUT2D eigenvalue weighted by molar-refractivity contribution is 0.300. The molecule has 0 aromatic carbocycles. The molecule has 2 unspecified atom stereocenters. The van der Waals surface area contributed by atoms with Crippen molar-refractivity contribution < 1.29 is 0 Å². The molecule has 0 spiro atoms. The summed E-state index contributed by atoms with van der Waals surface area (Å²) in [5, 5.41) is 3.35. The monoisotopic (exact) mass is 284 g/mol. The molecular weight excluding hydrogens is 264 g/mol. The summed E-state index contributed by atoms with van der Waals surface area (Å²) in [5.74, 6) is 1.31. The highest BCUT2D eigenvalue weighted by Gasteiger charge is 2.20. The second kappa shape index (κ2) is 6.36. The maximum absolute atomic E-state index is 4.21. The van der Waals surface area contributed by atoms with Crippen LogP contribution in [0.15, 0.2) is 22.9 Å². The number of hydrogen-bond acceptors (Lipinski definition) is 2. The van der Waals surface area contributed by atoms with Crippen LogP contribution < -0.4 is 5.32 Å². The summed E-state index contributed by atoms with van der Waals surface area (Å²) in [5.41, 5.74) is 1.30. The van der Waals surface area contributed by atoms with Crippen LogP contribution in [0.3, 0.4) is 0 Å². The molecule has 90 valence electrons. The van der Waals surface area contributed by atoms with Gasteiger partial charge in [0.25, 0.3) is 0 Å². The van der Waals surface area contributed by atoms with Gasteiger partial charge in [-0.15, -0.1) is 0 Å². The first-order chi connectivity index (χ1) is 7.54. The van der Waals surface area contributed by atoms with Crippen molar-refractivity contribution in [1.29, 1.82) is 0 Å². The van der Waals surface area contributed by atoms with Crippen molar-refractivity contribution in [2.24, 2.45) is 11.8 Å². The van der Waals surface area contributed by atoms with Gasteiger partial charge in [0.2, 0.25) is 0 Å². The molecule has 1 rings (SSSR count). The van der Waals surface area contributed by atoms with Crippen molar-refractivity contribution in [1.82, 2.24) is 10.3 Å². The van der Waals surface area contributed by atoms with Gasteiger partial charge in [-0.25, -0.2) is 0 Å². The molecule has 1 heterocycles. The van der Waals surface area contributed by atoms with Crippen molar-refractivity contribution in [3.05, 3.63) is 28.5 Å². The smallest absolute Gasteiger partial charge is 0.0410 e. The zero-order valence-corrected chi connectivity index (χ0v) is 12.1. The third-order valence-corrected chi connectivity index (χ3v) is 3.62. The highest BCUT2D eigenvalue weighted by Crippen LogP contribution is 2.21. The molecule has 1 N–H and O–H groups in total. The standard InChI is InChI=1S/C13H21BrN2/c1-9(2)13(10(3)15-4)6-11-5-12(14)8-16-7-11/h5,7-10,13,15H,6H2,1-4H3. The fraction of sp³-hybridized carbons (Fsp3) is 0.615. The van der Waals surface area contributed by atoms with E-state index in [1.165, 1.54) is 5.56 Å². The van der Waals surface area contributed by atoms with Crippen LogP contribution >= 0.6 is 15.9 Å². The largest absolute Gasteiger partial charge is 0.317 e. The van der Waals surface area contributed by atoms with E-state index in [4.69, 9.17) is 0 Å². The van der Waals surface area contributed by atoms with Crippen LogP contribution in [0.4, 0.5) is 0 Å². The van der Waals surface area contributed by atoms with Gasteiger partial charge < -0.3 is 5.32 Å². The average Bonchev–Trinajstić information content (AvgIpc) is 2.24. The quantitative estimate of drug-likeness (QED) is 0.898. The SMILES string of the molecule is CNC(C)C(Cc1cncc(Br)c1)C(C)C. The summed E-state index contributed by atoms with van der Waals surface area (Å²) in [4.78, 5) is 4.21. The van der Waals surface area contributed by atoms with E-state index in [1.54, 1.807) is 0 Å². The summed E-state index contributed by atoms with van der Waals surface area (Å²) in [6, 6.07) is 2.68. The van der Waals surface area contributed by atoms with Crippen LogP contribution in [-0.4, -0.2) is 18.1 Å². The molecule has 0 saturated carbocycles. The first-order valence-corrected chi connectivity index (χ1v) is 6.60. The van der Waals surface area contributed by atoms with Crippen LogP contribution in [0.25, 0.3) is 0 Å². The minimum Gasteiger partial charge on any atom is -0.317 e. The van der Waals surface area contributed by atoms with E-state index in [-0.39, 0.29) is 0 Å².